The SMILES string of the molecule is Cc1oc2c(c1C(=O)Nc1cccnc1)C1=NC(C)(C)CN1C=N2. The van der Waals surface area contributed by atoms with Crippen LogP contribution >= 0.6 is 0 Å². The lowest BCUT2D eigenvalue weighted by Gasteiger charge is -2.20. The summed E-state index contributed by atoms with van der Waals surface area (Å²) < 4.78 is 5.69. The van der Waals surface area contributed by atoms with Gasteiger partial charge in [0.1, 0.15) is 17.9 Å². The molecule has 1 N–H and O–H groups in total. The minimum Gasteiger partial charge on any atom is -0.442 e. The number of nitrogens with one attached hydrogen (secondary N) is 1. The zero-order valence-electron chi connectivity index (χ0n) is 13.7. The average molecular weight is 323 g/mol. The lowest BCUT2D eigenvalue weighted by atomic mass is 10.1. The van der Waals surface area contributed by atoms with Crippen LogP contribution in [0.25, 0.3) is 0 Å². The van der Waals surface area contributed by atoms with Crippen molar-refractivity contribution in [3.05, 3.63) is 41.4 Å². The molecule has 2 aromatic rings. The fourth-order valence-corrected chi connectivity index (χ4v) is 3.03. The van der Waals surface area contributed by atoms with E-state index in [0.29, 0.717) is 28.5 Å². The van der Waals surface area contributed by atoms with Crippen LogP contribution in [0.1, 0.15) is 35.5 Å². The van der Waals surface area contributed by atoms with Crippen LogP contribution in [0.4, 0.5) is 11.6 Å². The molecule has 0 radical (unpaired) electrons. The minimum atomic E-state index is -0.255. The Morgan fingerprint density at radius 2 is 2.25 bits per heavy atom. The highest BCUT2D eigenvalue weighted by Crippen LogP contribution is 2.37. The van der Waals surface area contributed by atoms with E-state index in [-0.39, 0.29) is 11.4 Å². The molecule has 0 atom stereocenters. The molecule has 4 rings (SSSR count). The third-order valence-corrected chi connectivity index (χ3v) is 3.99. The molecule has 0 unspecified atom stereocenters. The van der Waals surface area contributed by atoms with Crippen molar-refractivity contribution < 1.29 is 9.21 Å². The summed E-state index contributed by atoms with van der Waals surface area (Å²) in [4.78, 5) is 27.8. The van der Waals surface area contributed by atoms with Gasteiger partial charge in [0.25, 0.3) is 5.91 Å². The Kier molecular flexibility index (Phi) is 3.06. The third kappa shape index (κ3) is 2.29. The predicted molar refractivity (Wildman–Crippen MR) is 91.1 cm³/mol. The van der Waals surface area contributed by atoms with Crippen LogP contribution in [-0.4, -0.2) is 40.0 Å². The molecule has 24 heavy (non-hydrogen) atoms. The van der Waals surface area contributed by atoms with E-state index in [1.165, 1.54) is 0 Å². The number of nitrogens with zero attached hydrogens (tertiary/aromatic N) is 4. The molecule has 0 saturated heterocycles. The zero-order chi connectivity index (χ0) is 16.9. The minimum absolute atomic E-state index is 0.231. The maximum Gasteiger partial charge on any atom is 0.260 e. The number of aryl methyl sites for hydroxylation is 1. The van der Waals surface area contributed by atoms with E-state index in [4.69, 9.17) is 9.41 Å². The average Bonchev–Trinajstić information content (AvgIpc) is 3.02. The van der Waals surface area contributed by atoms with Crippen LogP contribution in [-0.2, 0) is 0 Å². The first kappa shape index (κ1) is 14.6. The van der Waals surface area contributed by atoms with E-state index in [0.717, 1.165) is 12.4 Å². The highest BCUT2D eigenvalue weighted by molar-refractivity contribution is 6.19. The van der Waals surface area contributed by atoms with Crippen molar-refractivity contribution in [3.8, 4) is 0 Å². The van der Waals surface area contributed by atoms with Gasteiger partial charge < -0.3 is 14.6 Å². The highest BCUT2D eigenvalue weighted by atomic mass is 16.4. The topological polar surface area (TPSA) is 83.1 Å². The van der Waals surface area contributed by atoms with Crippen molar-refractivity contribution in [2.24, 2.45) is 9.98 Å². The number of pyridine rings is 1. The maximum atomic E-state index is 12.8. The first-order valence-electron chi connectivity index (χ1n) is 7.70. The summed E-state index contributed by atoms with van der Waals surface area (Å²) in [6.45, 7) is 6.58. The number of hydrogen-bond acceptors (Lipinski definition) is 6. The van der Waals surface area contributed by atoms with Gasteiger partial charge >= 0.3 is 0 Å². The standard InChI is InChI=1S/C17H17N5O2/c1-10-12(15(23)20-11-5-4-6-18-7-11)13-14-21-17(2,3)8-22(14)9-19-16(13)24-10/h4-7,9H,8H2,1-3H3,(H,20,23). The fourth-order valence-electron chi connectivity index (χ4n) is 3.03. The molecule has 122 valence electrons. The number of carbonyl (C=O) groups is 1. The van der Waals surface area contributed by atoms with Crippen molar-refractivity contribution in [2.45, 2.75) is 26.3 Å². The van der Waals surface area contributed by atoms with Crippen molar-refractivity contribution in [1.29, 1.82) is 0 Å². The van der Waals surface area contributed by atoms with E-state index in [1.807, 2.05) is 18.7 Å². The van der Waals surface area contributed by atoms with Gasteiger partial charge in [0.15, 0.2) is 0 Å². The Morgan fingerprint density at radius 1 is 1.42 bits per heavy atom. The highest BCUT2D eigenvalue weighted by Gasteiger charge is 2.39. The molecule has 2 aromatic heterocycles. The van der Waals surface area contributed by atoms with E-state index in [1.54, 1.807) is 37.8 Å². The lowest BCUT2D eigenvalue weighted by Crippen LogP contribution is -2.33. The summed E-state index contributed by atoms with van der Waals surface area (Å²) in [7, 11) is 0. The number of fused-ring (bicyclic) bond motifs is 3. The van der Waals surface area contributed by atoms with Gasteiger partial charge in [0, 0.05) is 6.20 Å². The second-order valence-corrected chi connectivity index (χ2v) is 6.53. The monoisotopic (exact) mass is 323 g/mol. The quantitative estimate of drug-likeness (QED) is 0.921. The second kappa shape index (κ2) is 5.02. The summed E-state index contributed by atoms with van der Waals surface area (Å²) in [5.74, 6) is 1.43. The molecule has 0 aromatic carbocycles. The number of rotatable bonds is 2. The number of aromatic nitrogens is 1. The van der Waals surface area contributed by atoms with Crippen LogP contribution < -0.4 is 5.32 Å². The molecule has 0 bridgehead atoms. The van der Waals surface area contributed by atoms with Gasteiger partial charge in [-0.2, -0.15) is 0 Å². The maximum absolute atomic E-state index is 12.8. The molecule has 7 heteroatoms. The van der Waals surface area contributed by atoms with Gasteiger partial charge in [0.05, 0.1) is 35.1 Å². The van der Waals surface area contributed by atoms with Gasteiger partial charge in [-0.1, -0.05) is 0 Å². The number of hydrogen-bond donors (Lipinski definition) is 1. The van der Waals surface area contributed by atoms with Crippen molar-refractivity contribution in [3.63, 3.8) is 0 Å². The summed E-state index contributed by atoms with van der Waals surface area (Å²) in [6.07, 6.45) is 4.96. The molecule has 0 saturated carbocycles. The Bertz CT molecular complexity index is 880. The predicted octanol–water partition coefficient (Wildman–Crippen LogP) is 2.75. The number of amidine groups is 1. The van der Waals surface area contributed by atoms with Crippen LogP contribution in [0.2, 0.25) is 0 Å². The number of aliphatic imine (C=N–C) groups is 2. The van der Waals surface area contributed by atoms with Gasteiger partial charge in [-0.25, -0.2) is 4.99 Å². The molecule has 1 amide bonds. The van der Waals surface area contributed by atoms with Crippen LogP contribution in [0.15, 0.2) is 38.9 Å². The van der Waals surface area contributed by atoms with Crippen molar-refractivity contribution in [1.82, 2.24) is 9.88 Å². The van der Waals surface area contributed by atoms with Gasteiger partial charge in [-0.05, 0) is 32.9 Å². The van der Waals surface area contributed by atoms with E-state index >= 15 is 0 Å². The number of anilines is 1. The molecule has 7 nitrogen and oxygen atoms in total. The molecule has 2 aliphatic rings. The Labute approximate surface area is 139 Å². The molecule has 0 fully saturated rings. The Hall–Kier alpha value is -2.96. The first-order valence-corrected chi connectivity index (χ1v) is 7.70. The molecular weight excluding hydrogens is 306 g/mol. The summed E-state index contributed by atoms with van der Waals surface area (Å²) in [5.41, 5.74) is 1.52. The van der Waals surface area contributed by atoms with E-state index in [9.17, 15) is 4.79 Å². The number of carbonyl (C=O) groups excluding carboxylic acids is 1. The Balaban J connectivity index is 1.77. The van der Waals surface area contributed by atoms with E-state index < -0.39 is 0 Å². The van der Waals surface area contributed by atoms with Crippen LogP contribution in [0, 0.1) is 6.92 Å². The largest absolute Gasteiger partial charge is 0.442 e. The van der Waals surface area contributed by atoms with Crippen molar-refractivity contribution >= 4 is 29.7 Å². The van der Waals surface area contributed by atoms with E-state index in [2.05, 4.69) is 15.3 Å². The molecule has 4 heterocycles. The Morgan fingerprint density at radius 3 is 3.00 bits per heavy atom. The first-order chi connectivity index (χ1) is 11.4. The summed E-state index contributed by atoms with van der Waals surface area (Å²) in [5, 5.41) is 2.85. The van der Waals surface area contributed by atoms with Crippen LogP contribution in [0.3, 0.4) is 0 Å². The smallest absolute Gasteiger partial charge is 0.260 e. The molecule has 0 aliphatic carbocycles. The normalized spacial score (nSPS) is 17.3. The zero-order valence-corrected chi connectivity index (χ0v) is 13.7. The third-order valence-electron chi connectivity index (χ3n) is 3.99. The van der Waals surface area contributed by atoms with Gasteiger partial charge in [-0.3, -0.25) is 14.8 Å². The summed E-state index contributed by atoms with van der Waals surface area (Å²) >= 11 is 0. The fraction of sp³-hybridized carbons (Fsp3) is 0.294. The van der Waals surface area contributed by atoms with Crippen LogP contribution in [0.5, 0.6) is 0 Å². The number of amides is 1. The molecule has 2 aliphatic heterocycles. The van der Waals surface area contributed by atoms with Gasteiger partial charge in [-0.15, -0.1) is 0 Å². The lowest BCUT2D eigenvalue weighted by molar-refractivity contribution is 0.102. The van der Waals surface area contributed by atoms with Gasteiger partial charge in [0.2, 0.25) is 5.88 Å². The molecular formula is C17H17N5O2. The van der Waals surface area contributed by atoms with Crippen molar-refractivity contribution in [2.75, 3.05) is 11.9 Å². The summed E-state index contributed by atoms with van der Waals surface area (Å²) in [6, 6.07) is 3.55. The molecule has 0 spiro atoms. The number of furan rings is 1. The second-order valence-electron chi connectivity index (χ2n) is 6.53.